The van der Waals surface area contributed by atoms with Gasteiger partial charge in [-0.05, 0) is 37.1 Å². The molecule has 2 rings (SSSR count). The summed E-state index contributed by atoms with van der Waals surface area (Å²) in [6, 6.07) is 6.81. The number of halogens is 3. The van der Waals surface area contributed by atoms with Crippen LogP contribution in [0.4, 0.5) is 13.2 Å². The number of hydrogen-bond donors (Lipinski definition) is 2. The summed E-state index contributed by atoms with van der Waals surface area (Å²) in [4.78, 5) is 35.1. The van der Waals surface area contributed by atoms with Crippen LogP contribution in [0.25, 0.3) is 0 Å². The molecule has 0 aliphatic heterocycles. The summed E-state index contributed by atoms with van der Waals surface area (Å²) >= 11 is 0. The first-order valence-electron chi connectivity index (χ1n) is 8.11. The van der Waals surface area contributed by atoms with E-state index in [0.29, 0.717) is 28.6 Å². The third-order valence-electron chi connectivity index (χ3n) is 3.67. The number of hydrazine groups is 1. The number of carbonyl (C=O) groups excluding carboxylic acids is 2. The molecule has 0 fully saturated rings. The average molecular weight is 397 g/mol. The highest BCUT2D eigenvalue weighted by molar-refractivity contribution is 5.82. The van der Waals surface area contributed by atoms with Crippen LogP contribution < -0.4 is 21.1 Å². The third-order valence-corrected chi connectivity index (χ3v) is 3.67. The first-order valence-corrected chi connectivity index (χ1v) is 8.11. The van der Waals surface area contributed by atoms with Crippen molar-refractivity contribution in [2.24, 2.45) is 0 Å². The van der Waals surface area contributed by atoms with Crippen molar-refractivity contribution in [1.29, 1.82) is 0 Å². The molecule has 0 unspecified atom stereocenters. The molecule has 0 saturated heterocycles. The lowest BCUT2D eigenvalue weighted by molar-refractivity contribution is -0.138. The average Bonchev–Trinajstić information content (AvgIpc) is 2.61. The van der Waals surface area contributed by atoms with E-state index in [1.54, 1.807) is 13.0 Å². The second-order valence-corrected chi connectivity index (χ2v) is 6.04. The molecule has 0 radical (unpaired) electrons. The van der Waals surface area contributed by atoms with Gasteiger partial charge in [-0.2, -0.15) is 13.2 Å². The van der Waals surface area contributed by atoms with Crippen LogP contribution >= 0.6 is 0 Å². The second kappa shape index (κ2) is 8.59. The van der Waals surface area contributed by atoms with E-state index < -0.39 is 35.7 Å². The molecule has 0 spiro atoms. The Morgan fingerprint density at radius 3 is 2.43 bits per heavy atom. The fourth-order valence-corrected chi connectivity index (χ4v) is 2.20. The van der Waals surface area contributed by atoms with Gasteiger partial charge in [0.1, 0.15) is 12.3 Å². The summed E-state index contributed by atoms with van der Waals surface area (Å²) in [5.41, 5.74) is 4.01. The number of ether oxygens (including phenoxy) is 1. The first kappa shape index (κ1) is 21.0. The molecular weight excluding hydrogens is 379 g/mol. The predicted molar refractivity (Wildman–Crippen MR) is 93.4 cm³/mol. The number of aromatic nitrogens is 1. The number of carbonyl (C=O) groups is 2. The van der Waals surface area contributed by atoms with Crippen LogP contribution in [-0.4, -0.2) is 23.0 Å². The van der Waals surface area contributed by atoms with Gasteiger partial charge in [-0.1, -0.05) is 12.1 Å². The minimum Gasteiger partial charge on any atom is -0.483 e. The second-order valence-electron chi connectivity index (χ2n) is 6.04. The highest BCUT2D eigenvalue weighted by Gasteiger charge is 2.31. The maximum Gasteiger partial charge on any atom is 0.417 e. The van der Waals surface area contributed by atoms with E-state index in [1.807, 2.05) is 24.5 Å². The van der Waals surface area contributed by atoms with Crippen molar-refractivity contribution < 1.29 is 27.5 Å². The van der Waals surface area contributed by atoms with Crippen molar-refractivity contribution in [2.75, 3.05) is 6.61 Å². The smallest absolute Gasteiger partial charge is 0.417 e. The van der Waals surface area contributed by atoms with Gasteiger partial charge in [-0.3, -0.25) is 25.2 Å². The van der Waals surface area contributed by atoms with Crippen LogP contribution in [0.5, 0.6) is 5.75 Å². The Labute approximate surface area is 158 Å². The number of nitrogens with one attached hydrogen (secondary N) is 2. The number of pyridine rings is 1. The number of rotatable bonds is 5. The van der Waals surface area contributed by atoms with E-state index in [2.05, 4.69) is 5.43 Å². The fraction of sp³-hybridized carbons (Fsp3) is 0.278. The molecule has 2 aromatic rings. The van der Waals surface area contributed by atoms with Crippen molar-refractivity contribution in [3.63, 3.8) is 0 Å². The number of alkyl halides is 3. The van der Waals surface area contributed by atoms with Gasteiger partial charge >= 0.3 is 6.18 Å². The van der Waals surface area contributed by atoms with E-state index in [1.165, 1.54) is 0 Å². The van der Waals surface area contributed by atoms with Gasteiger partial charge in [0.05, 0.1) is 5.56 Å². The molecule has 0 saturated carbocycles. The molecule has 1 heterocycles. The Balaban J connectivity index is 1.88. The molecule has 2 amide bonds. The molecular formula is C18H18F3N3O4. The van der Waals surface area contributed by atoms with Gasteiger partial charge in [0.25, 0.3) is 17.4 Å². The topological polar surface area (TPSA) is 89.4 Å². The van der Waals surface area contributed by atoms with Gasteiger partial charge < -0.3 is 9.30 Å². The molecule has 0 aliphatic rings. The number of nitrogens with zero attached hydrogens (tertiary/aromatic N) is 1. The summed E-state index contributed by atoms with van der Waals surface area (Å²) in [5, 5.41) is 0. The summed E-state index contributed by atoms with van der Waals surface area (Å²) in [6.07, 6.45) is -4.11. The largest absolute Gasteiger partial charge is 0.483 e. The van der Waals surface area contributed by atoms with Crippen molar-refractivity contribution in [3.05, 3.63) is 63.6 Å². The zero-order chi connectivity index (χ0) is 20.9. The molecule has 1 aromatic carbocycles. The quantitative estimate of drug-likeness (QED) is 0.752. The highest BCUT2D eigenvalue weighted by Crippen LogP contribution is 2.27. The summed E-state index contributed by atoms with van der Waals surface area (Å²) in [6.45, 7) is 2.60. The van der Waals surface area contributed by atoms with Crippen LogP contribution in [0.1, 0.15) is 16.7 Å². The van der Waals surface area contributed by atoms with Crippen LogP contribution in [0.3, 0.4) is 0 Å². The highest BCUT2D eigenvalue weighted by atomic mass is 19.4. The number of benzene rings is 1. The van der Waals surface area contributed by atoms with Crippen molar-refractivity contribution >= 4 is 11.8 Å². The Hall–Kier alpha value is -3.30. The Morgan fingerprint density at radius 2 is 1.75 bits per heavy atom. The number of amides is 2. The molecule has 1 aromatic heterocycles. The lowest BCUT2D eigenvalue weighted by atomic mass is 10.1. The summed E-state index contributed by atoms with van der Waals surface area (Å²) in [5.74, 6) is -1.04. The van der Waals surface area contributed by atoms with Crippen LogP contribution in [0.2, 0.25) is 0 Å². The lowest BCUT2D eigenvalue weighted by Crippen LogP contribution is -2.46. The third kappa shape index (κ3) is 5.86. The monoisotopic (exact) mass is 397 g/mol. The molecule has 2 N–H and O–H groups in total. The normalized spacial score (nSPS) is 11.0. The zero-order valence-electron chi connectivity index (χ0n) is 15.1. The van der Waals surface area contributed by atoms with Crippen molar-refractivity contribution in [3.8, 4) is 5.75 Å². The first-order chi connectivity index (χ1) is 13.1. The molecule has 150 valence electrons. The summed E-state index contributed by atoms with van der Waals surface area (Å²) < 4.78 is 44.0. The van der Waals surface area contributed by atoms with Gasteiger partial charge in [0.2, 0.25) is 0 Å². The van der Waals surface area contributed by atoms with Crippen LogP contribution in [-0.2, 0) is 22.3 Å². The Kier molecular flexibility index (Phi) is 6.45. The maximum absolute atomic E-state index is 12.7. The molecule has 28 heavy (non-hydrogen) atoms. The summed E-state index contributed by atoms with van der Waals surface area (Å²) in [7, 11) is 0. The fourth-order valence-electron chi connectivity index (χ4n) is 2.20. The van der Waals surface area contributed by atoms with Crippen molar-refractivity contribution in [1.82, 2.24) is 15.4 Å². The van der Waals surface area contributed by atoms with E-state index in [0.717, 1.165) is 11.1 Å². The molecule has 0 bridgehead atoms. The molecule has 0 aliphatic carbocycles. The van der Waals surface area contributed by atoms with Crippen molar-refractivity contribution in [2.45, 2.75) is 26.6 Å². The Morgan fingerprint density at radius 1 is 1.07 bits per heavy atom. The standard InChI is InChI=1S/C18H18F3N3O4/c1-11-3-4-12(2)14(7-11)28-10-16(26)23-22-15(25)9-24-8-13(18(19,20)21)5-6-17(24)27/h3-8H,9-10H2,1-2H3,(H,22,25)(H,23,26). The minimum atomic E-state index is -4.65. The van der Waals surface area contributed by atoms with E-state index >= 15 is 0 Å². The van der Waals surface area contributed by atoms with E-state index in [4.69, 9.17) is 4.74 Å². The molecule has 0 atom stereocenters. The molecule has 7 nitrogen and oxygen atoms in total. The van der Waals surface area contributed by atoms with Gasteiger partial charge in [-0.25, -0.2) is 0 Å². The zero-order valence-corrected chi connectivity index (χ0v) is 15.1. The molecule has 10 heteroatoms. The lowest BCUT2D eigenvalue weighted by Gasteiger charge is -2.12. The van der Waals surface area contributed by atoms with Gasteiger partial charge in [0, 0.05) is 12.3 Å². The number of aryl methyl sites for hydroxylation is 2. The van der Waals surface area contributed by atoms with Gasteiger partial charge in [0.15, 0.2) is 6.61 Å². The van der Waals surface area contributed by atoms with E-state index in [-0.39, 0.29) is 6.61 Å². The van der Waals surface area contributed by atoms with Gasteiger partial charge in [-0.15, -0.1) is 0 Å². The van der Waals surface area contributed by atoms with E-state index in [9.17, 15) is 27.6 Å². The van der Waals surface area contributed by atoms with Crippen LogP contribution in [0.15, 0.2) is 41.3 Å². The minimum absolute atomic E-state index is 0.381. The Bertz CT molecular complexity index is 938. The SMILES string of the molecule is Cc1ccc(C)c(OCC(=O)NNC(=O)Cn2cc(C(F)(F)F)ccc2=O)c1. The van der Waals surface area contributed by atoms with Crippen LogP contribution in [0, 0.1) is 13.8 Å². The predicted octanol–water partition coefficient (Wildman–Crippen LogP) is 1.71. The maximum atomic E-state index is 12.7. The number of hydrogen-bond acceptors (Lipinski definition) is 4.